The van der Waals surface area contributed by atoms with Crippen molar-refractivity contribution in [3.8, 4) is 11.5 Å². The number of methoxy groups -OCH3 is 1. The summed E-state index contributed by atoms with van der Waals surface area (Å²) < 4.78 is 11.1. The van der Waals surface area contributed by atoms with Crippen molar-refractivity contribution in [2.75, 3.05) is 13.7 Å². The summed E-state index contributed by atoms with van der Waals surface area (Å²) in [5, 5.41) is 19.8. The molecule has 2 atom stereocenters. The van der Waals surface area contributed by atoms with Gasteiger partial charge in [0.15, 0.2) is 17.6 Å². The van der Waals surface area contributed by atoms with E-state index in [1.807, 2.05) is 6.07 Å². The van der Waals surface area contributed by atoms with Gasteiger partial charge in [0.25, 0.3) is 0 Å². The molecule has 0 aromatic heterocycles. The predicted octanol–water partition coefficient (Wildman–Crippen LogP) is 2.82. The van der Waals surface area contributed by atoms with E-state index in [2.05, 4.69) is 0 Å². The van der Waals surface area contributed by atoms with E-state index in [1.165, 1.54) is 0 Å². The van der Waals surface area contributed by atoms with Crippen molar-refractivity contribution in [2.24, 2.45) is 0 Å². The highest BCUT2D eigenvalue weighted by Crippen LogP contribution is 2.32. The van der Waals surface area contributed by atoms with Gasteiger partial charge >= 0.3 is 0 Å². The van der Waals surface area contributed by atoms with Crippen molar-refractivity contribution in [1.29, 1.82) is 0 Å². The van der Waals surface area contributed by atoms with Gasteiger partial charge in [-0.3, -0.25) is 0 Å². The van der Waals surface area contributed by atoms with E-state index in [-0.39, 0.29) is 0 Å². The molecule has 112 valence electrons. The van der Waals surface area contributed by atoms with E-state index in [0.717, 1.165) is 0 Å². The molecule has 2 N–H and O–H groups in total. The number of aliphatic hydroxyl groups excluding tert-OH is 2. The smallest absolute Gasteiger partial charge is 0.162 e. The second-order valence-electron chi connectivity index (χ2n) is 4.49. The molecule has 0 amide bonds. The monoisotopic (exact) mass is 308 g/mol. The molecule has 21 heavy (non-hydrogen) atoms. The molecule has 0 aliphatic heterocycles. The maximum atomic E-state index is 10.0. The number of aliphatic hydroxyl groups is 2. The van der Waals surface area contributed by atoms with Crippen LogP contribution in [0.5, 0.6) is 11.5 Å². The number of rotatable bonds is 6. The van der Waals surface area contributed by atoms with Crippen molar-refractivity contribution in [3.05, 3.63) is 59.1 Å². The van der Waals surface area contributed by atoms with Crippen LogP contribution in [-0.2, 0) is 0 Å². The molecular weight excluding hydrogens is 292 g/mol. The van der Waals surface area contributed by atoms with Gasteiger partial charge in [-0.1, -0.05) is 35.9 Å². The van der Waals surface area contributed by atoms with Crippen LogP contribution in [0.3, 0.4) is 0 Å². The van der Waals surface area contributed by atoms with Crippen LogP contribution in [0.4, 0.5) is 0 Å². The maximum absolute atomic E-state index is 10.0. The van der Waals surface area contributed by atoms with Gasteiger partial charge < -0.3 is 19.7 Å². The molecule has 0 aliphatic rings. The Morgan fingerprint density at radius 3 is 2.43 bits per heavy atom. The molecule has 0 spiro atoms. The number of ether oxygens (including phenoxy) is 2. The van der Waals surface area contributed by atoms with Crippen molar-refractivity contribution in [3.63, 3.8) is 0 Å². The Labute approximate surface area is 128 Å². The van der Waals surface area contributed by atoms with Gasteiger partial charge in [-0.05, 0) is 29.8 Å². The van der Waals surface area contributed by atoms with Gasteiger partial charge in [0.1, 0.15) is 6.10 Å². The number of hydrogen-bond acceptors (Lipinski definition) is 4. The Morgan fingerprint density at radius 1 is 1.10 bits per heavy atom. The van der Waals surface area contributed by atoms with Crippen LogP contribution >= 0.6 is 11.6 Å². The summed E-state index contributed by atoms with van der Waals surface area (Å²) in [5.41, 5.74) is 0.676. The molecule has 2 rings (SSSR count). The molecule has 4 nitrogen and oxygen atoms in total. The topological polar surface area (TPSA) is 58.9 Å². The van der Waals surface area contributed by atoms with Gasteiger partial charge in [-0.15, -0.1) is 0 Å². The summed E-state index contributed by atoms with van der Waals surface area (Å²) in [6.07, 6.45) is -1.82. The van der Waals surface area contributed by atoms with Gasteiger partial charge in [0.05, 0.1) is 13.7 Å². The molecule has 0 saturated heterocycles. The maximum Gasteiger partial charge on any atom is 0.162 e. The third-order valence-electron chi connectivity index (χ3n) is 3.04. The predicted molar refractivity (Wildman–Crippen MR) is 80.9 cm³/mol. The highest BCUT2D eigenvalue weighted by atomic mass is 35.5. The third kappa shape index (κ3) is 3.88. The molecule has 0 bridgehead atoms. The normalized spacial score (nSPS) is 13.5. The Bertz CT molecular complexity index is 588. The zero-order chi connectivity index (χ0) is 15.2. The van der Waals surface area contributed by atoms with Crippen LogP contribution in [0, 0.1) is 0 Å². The summed E-state index contributed by atoms with van der Waals surface area (Å²) in [6, 6.07) is 14.1. The van der Waals surface area contributed by atoms with Gasteiger partial charge in [0.2, 0.25) is 0 Å². The van der Waals surface area contributed by atoms with Crippen LogP contribution < -0.4 is 9.47 Å². The lowest BCUT2D eigenvalue weighted by Gasteiger charge is -2.24. The van der Waals surface area contributed by atoms with Crippen molar-refractivity contribution in [2.45, 2.75) is 12.2 Å². The van der Waals surface area contributed by atoms with Crippen molar-refractivity contribution in [1.82, 2.24) is 0 Å². The lowest BCUT2D eigenvalue weighted by molar-refractivity contribution is -0.00286. The summed E-state index contributed by atoms with van der Waals surface area (Å²) >= 11 is 5.97. The first-order valence-corrected chi connectivity index (χ1v) is 6.87. The Hall–Kier alpha value is -1.75. The first-order chi connectivity index (χ1) is 10.2. The molecule has 0 radical (unpaired) electrons. The molecule has 2 aromatic carbocycles. The largest absolute Gasteiger partial charge is 0.493 e. The van der Waals surface area contributed by atoms with E-state index in [9.17, 15) is 10.2 Å². The van der Waals surface area contributed by atoms with Crippen molar-refractivity contribution < 1.29 is 19.7 Å². The molecule has 0 aliphatic carbocycles. The fourth-order valence-corrected chi connectivity index (χ4v) is 2.20. The molecule has 0 fully saturated rings. The number of para-hydroxylation sites is 2. The second-order valence-corrected chi connectivity index (χ2v) is 4.93. The van der Waals surface area contributed by atoms with Crippen LogP contribution in [-0.4, -0.2) is 30.0 Å². The summed E-state index contributed by atoms with van der Waals surface area (Å²) in [4.78, 5) is 0. The average molecular weight is 309 g/mol. The average Bonchev–Trinajstić information content (AvgIpc) is 2.52. The fourth-order valence-electron chi connectivity index (χ4n) is 2.00. The minimum Gasteiger partial charge on any atom is -0.493 e. The lowest BCUT2D eigenvalue weighted by atomic mass is 10.0. The molecule has 0 heterocycles. The molecular formula is C16H17ClO4. The zero-order valence-electron chi connectivity index (χ0n) is 11.6. The quantitative estimate of drug-likeness (QED) is 0.861. The third-order valence-corrected chi connectivity index (χ3v) is 3.27. The van der Waals surface area contributed by atoms with Crippen molar-refractivity contribution >= 4 is 11.6 Å². The van der Waals surface area contributed by atoms with E-state index < -0.39 is 18.8 Å². The van der Waals surface area contributed by atoms with Crippen LogP contribution in [0.25, 0.3) is 0 Å². The first kappa shape index (κ1) is 15.6. The molecule has 5 heteroatoms. The highest BCUT2D eigenvalue weighted by molar-refractivity contribution is 6.30. The Kier molecular flexibility index (Phi) is 5.44. The first-order valence-electron chi connectivity index (χ1n) is 6.49. The van der Waals surface area contributed by atoms with Gasteiger partial charge in [0, 0.05) is 5.02 Å². The number of benzene rings is 2. The van der Waals surface area contributed by atoms with E-state index in [0.29, 0.717) is 22.1 Å². The minimum absolute atomic E-state index is 0.424. The van der Waals surface area contributed by atoms with E-state index >= 15 is 0 Å². The fraction of sp³-hybridized carbons (Fsp3) is 0.250. The standard InChI is InChI=1S/C16H17ClO4/c1-20-14-7-2-3-8-15(14)21-16(13(19)10-18)11-5-4-6-12(17)9-11/h2-9,13,16,18-19H,10H2,1H3/t13-,16+/m1/s1. The summed E-state index contributed by atoms with van der Waals surface area (Å²) in [5.74, 6) is 1.03. The number of hydrogen-bond donors (Lipinski definition) is 2. The van der Waals surface area contributed by atoms with E-state index in [1.54, 1.807) is 49.6 Å². The summed E-state index contributed by atoms with van der Waals surface area (Å²) in [6.45, 7) is -0.424. The molecule has 2 aromatic rings. The highest BCUT2D eigenvalue weighted by Gasteiger charge is 2.24. The molecule has 0 unspecified atom stereocenters. The minimum atomic E-state index is -1.08. The van der Waals surface area contributed by atoms with Crippen LogP contribution in [0.1, 0.15) is 11.7 Å². The molecule has 0 saturated carbocycles. The van der Waals surface area contributed by atoms with Crippen LogP contribution in [0.15, 0.2) is 48.5 Å². The van der Waals surface area contributed by atoms with E-state index in [4.69, 9.17) is 21.1 Å². The zero-order valence-corrected chi connectivity index (χ0v) is 12.3. The summed E-state index contributed by atoms with van der Waals surface area (Å²) in [7, 11) is 1.54. The van der Waals surface area contributed by atoms with Gasteiger partial charge in [-0.25, -0.2) is 0 Å². The van der Waals surface area contributed by atoms with Crippen LogP contribution in [0.2, 0.25) is 5.02 Å². The van der Waals surface area contributed by atoms with Gasteiger partial charge in [-0.2, -0.15) is 0 Å². The Balaban J connectivity index is 2.33. The second kappa shape index (κ2) is 7.31. The Morgan fingerprint density at radius 2 is 1.81 bits per heavy atom. The lowest BCUT2D eigenvalue weighted by Crippen LogP contribution is -2.27. The SMILES string of the molecule is COc1ccccc1O[C@@H](c1cccc(Cl)c1)[C@H](O)CO. The number of halogens is 1.